The number of rotatable bonds is 2. The summed E-state index contributed by atoms with van der Waals surface area (Å²) in [7, 11) is 0. The van der Waals surface area contributed by atoms with Gasteiger partial charge in [-0.2, -0.15) is 0 Å². The van der Waals surface area contributed by atoms with Crippen LogP contribution in [-0.2, 0) is 6.42 Å². The zero-order chi connectivity index (χ0) is 10.7. The highest BCUT2D eigenvalue weighted by Gasteiger charge is 2.00. The molecular weight excluding hydrogens is 186 g/mol. The van der Waals surface area contributed by atoms with Crippen LogP contribution < -0.4 is 5.73 Å². The Balaban J connectivity index is 2.40. The number of anilines is 1. The van der Waals surface area contributed by atoms with Crippen LogP contribution in [0.5, 0.6) is 0 Å². The summed E-state index contributed by atoms with van der Waals surface area (Å²) in [4.78, 5) is 8.26. The van der Waals surface area contributed by atoms with Gasteiger partial charge in [-0.1, -0.05) is 25.1 Å². The third-order valence-electron chi connectivity index (χ3n) is 2.30. The zero-order valence-corrected chi connectivity index (χ0v) is 8.64. The smallest absolute Gasteiger partial charge is 0.141 e. The molecular formula is C12H13N3. The lowest BCUT2D eigenvalue weighted by Crippen LogP contribution is -1.92. The summed E-state index contributed by atoms with van der Waals surface area (Å²) in [5.41, 5.74) is 8.73. The van der Waals surface area contributed by atoms with E-state index in [1.54, 1.807) is 12.4 Å². The summed E-state index contributed by atoms with van der Waals surface area (Å²) in [5, 5.41) is 0. The van der Waals surface area contributed by atoms with Crippen molar-refractivity contribution < 1.29 is 0 Å². The summed E-state index contributed by atoms with van der Waals surface area (Å²) in [6, 6.07) is 8.29. The lowest BCUT2D eigenvalue weighted by Gasteiger charge is -2.02. The van der Waals surface area contributed by atoms with E-state index >= 15 is 0 Å². The number of nitrogens with two attached hydrogens (primary N) is 1. The van der Waals surface area contributed by atoms with E-state index in [-0.39, 0.29) is 0 Å². The molecule has 0 radical (unpaired) electrons. The van der Waals surface area contributed by atoms with Gasteiger partial charge in [-0.05, 0) is 18.1 Å². The summed E-state index contributed by atoms with van der Waals surface area (Å²) in [6.07, 6.45) is 4.30. The van der Waals surface area contributed by atoms with Crippen molar-refractivity contribution in [3.05, 3.63) is 42.2 Å². The van der Waals surface area contributed by atoms with Crippen molar-refractivity contribution in [2.24, 2.45) is 0 Å². The van der Waals surface area contributed by atoms with E-state index in [1.165, 1.54) is 5.56 Å². The van der Waals surface area contributed by atoms with E-state index in [1.807, 2.05) is 12.1 Å². The monoisotopic (exact) mass is 199 g/mol. The molecule has 0 fully saturated rings. The number of benzene rings is 1. The third kappa shape index (κ3) is 2.13. The second-order valence-electron chi connectivity index (χ2n) is 3.38. The topological polar surface area (TPSA) is 51.8 Å². The van der Waals surface area contributed by atoms with Gasteiger partial charge < -0.3 is 5.73 Å². The normalized spacial score (nSPS) is 10.2. The first kappa shape index (κ1) is 9.65. The number of hydrogen-bond acceptors (Lipinski definition) is 3. The fourth-order valence-corrected chi connectivity index (χ4v) is 1.44. The highest BCUT2D eigenvalue weighted by atomic mass is 14.9. The molecule has 2 rings (SSSR count). The largest absolute Gasteiger partial charge is 0.382 e. The molecule has 3 nitrogen and oxygen atoms in total. The molecule has 15 heavy (non-hydrogen) atoms. The molecule has 1 aromatic carbocycles. The zero-order valence-electron chi connectivity index (χ0n) is 8.64. The first-order valence-corrected chi connectivity index (χ1v) is 4.96. The quantitative estimate of drug-likeness (QED) is 0.807. The van der Waals surface area contributed by atoms with Crippen molar-refractivity contribution >= 4 is 5.82 Å². The molecule has 0 aliphatic carbocycles. The number of nitrogens with zero attached hydrogens (tertiary/aromatic N) is 2. The van der Waals surface area contributed by atoms with Crippen molar-refractivity contribution in [1.29, 1.82) is 0 Å². The Kier molecular flexibility index (Phi) is 2.63. The lowest BCUT2D eigenvalue weighted by atomic mass is 10.1. The van der Waals surface area contributed by atoms with Crippen LogP contribution in [0.15, 0.2) is 36.7 Å². The maximum Gasteiger partial charge on any atom is 0.141 e. The Bertz CT molecular complexity index is 449. The summed E-state index contributed by atoms with van der Waals surface area (Å²) in [5.74, 6) is 0.449. The van der Waals surface area contributed by atoms with Crippen LogP contribution in [0, 0.1) is 0 Å². The molecule has 0 saturated heterocycles. The Morgan fingerprint density at radius 1 is 1.20 bits per heavy atom. The maximum absolute atomic E-state index is 5.49. The van der Waals surface area contributed by atoms with Crippen LogP contribution in [0.25, 0.3) is 11.3 Å². The summed E-state index contributed by atoms with van der Waals surface area (Å²) >= 11 is 0. The summed E-state index contributed by atoms with van der Waals surface area (Å²) in [6.45, 7) is 2.13. The van der Waals surface area contributed by atoms with Crippen molar-refractivity contribution in [3.8, 4) is 11.3 Å². The molecule has 0 bridgehead atoms. The molecule has 0 spiro atoms. The van der Waals surface area contributed by atoms with Gasteiger partial charge in [0.25, 0.3) is 0 Å². The average molecular weight is 199 g/mol. The SMILES string of the molecule is CCc1cccc(-c2cnc(N)cn2)c1. The van der Waals surface area contributed by atoms with Crippen LogP contribution >= 0.6 is 0 Å². The molecule has 1 aromatic heterocycles. The molecule has 2 N–H and O–H groups in total. The predicted molar refractivity (Wildman–Crippen MR) is 61.3 cm³/mol. The van der Waals surface area contributed by atoms with E-state index in [0.29, 0.717) is 5.82 Å². The van der Waals surface area contributed by atoms with Gasteiger partial charge >= 0.3 is 0 Å². The van der Waals surface area contributed by atoms with Gasteiger partial charge in [0.1, 0.15) is 5.82 Å². The molecule has 0 aliphatic heterocycles. The molecule has 0 saturated carbocycles. The van der Waals surface area contributed by atoms with Crippen molar-refractivity contribution in [1.82, 2.24) is 9.97 Å². The van der Waals surface area contributed by atoms with Gasteiger partial charge in [0.05, 0.1) is 18.1 Å². The lowest BCUT2D eigenvalue weighted by molar-refractivity contribution is 1.14. The molecule has 3 heteroatoms. The molecule has 76 valence electrons. The minimum absolute atomic E-state index is 0.449. The number of aromatic nitrogens is 2. The number of aryl methyl sites for hydroxylation is 1. The maximum atomic E-state index is 5.49. The minimum Gasteiger partial charge on any atom is -0.382 e. The van der Waals surface area contributed by atoms with Gasteiger partial charge in [0, 0.05) is 5.56 Å². The van der Waals surface area contributed by atoms with Crippen LogP contribution in [0.1, 0.15) is 12.5 Å². The van der Waals surface area contributed by atoms with Gasteiger partial charge in [0.15, 0.2) is 0 Å². The Morgan fingerprint density at radius 2 is 2.07 bits per heavy atom. The van der Waals surface area contributed by atoms with E-state index in [4.69, 9.17) is 5.73 Å². The van der Waals surface area contributed by atoms with E-state index in [9.17, 15) is 0 Å². The van der Waals surface area contributed by atoms with Gasteiger partial charge in [-0.15, -0.1) is 0 Å². The van der Waals surface area contributed by atoms with Crippen molar-refractivity contribution in [2.45, 2.75) is 13.3 Å². The van der Waals surface area contributed by atoms with Gasteiger partial charge in [-0.25, -0.2) is 4.98 Å². The first-order valence-electron chi connectivity index (χ1n) is 4.96. The Labute approximate surface area is 89.0 Å². The Hall–Kier alpha value is -1.90. The average Bonchev–Trinajstić information content (AvgIpc) is 2.30. The van der Waals surface area contributed by atoms with E-state index in [2.05, 4.69) is 29.0 Å². The minimum atomic E-state index is 0.449. The van der Waals surface area contributed by atoms with E-state index in [0.717, 1.165) is 17.7 Å². The standard InChI is InChI=1S/C12H13N3/c1-2-9-4-3-5-10(6-9)11-7-15-12(13)8-14-11/h3-8H,2H2,1H3,(H2,13,15). The molecule has 1 heterocycles. The molecule has 0 aliphatic rings. The van der Waals surface area contributed by atoms with Gasteiger partial charge in [0.2, 0.25) is 0 Å². The molecule has 0 unspecified atom stereocenters. The second kappa shape index (κ2) is 4.09. The third-order valence-corrected chi connectivity index (χ3v) is 2.30. The van der Waals surface area contributed by atoms with Crippen LogP contribution in [0.4, 0.5) is 5.82 Å². The van der Waals surface area contributed by atoms with Crippen LogP contribution in [0.2, 0.25) is 0 Å². The molecule has 2 aromatic rings. The molecule has 0 atom stereocenters. The fraction of sp³-hybridized carbons (Fsp3) is 0.167. The van der Waals surface area contributed by atoms with E-state index < -0.39 is 0 Å². The highest BCUT2D eigenvalue weighted by molar-refractivity contribution is 5.59. The van der Waals surface area contributed by atoms with Gasteiger partial charge in [-0.3, -0.25) is 4.98 Å². The number of nitrogen functional groups attached to an aromatic ring is 1. The second-order valence-corrected chi connectivity index (χ2v) is 3.38. The van der Waals surface area contributed by atoms with Crippen LogP contribution in [0.3, 0.4) is 0 Å². The summed E-state index contributed by atoms with van der Waals surface area (Å²) < 4.78 is 0. The van der Waals surface area contributed by atoms with Crippen molar-refractivity contribution in [2.75, 3.05) is 5.73 Å². The first-order chi connectivity index (χ1) is 7.29. The Morgan fingerprint density at radius 3 is 2.73 bits per heavy atom. The van der Waals surface area contributed by atoms with Crippen molar-refractivity contribution in [3.63, 3.8) is 0 Å². The van der Waals surface area contributed by atoms with Crippen LogP contribution in [-0.4, -0.2) is 9.97 Å². The number of hydrogen-bond donors (Lipinski definition) is 1. The highest BCUT2D eigenvalue weighted by Crippen LogP contribution is 2.17. The fourth-order valence-electron chi connectivity index (χ4n) is 1.44. The molecule has 0 amide bonds. The predicted octanol–water partition coefficient (Wildman–Crippen LogP) is 2.29.